The monoisotopic (exact) mass is 220 g/mol. The molecule has 0 heteroatoms. The van der Waals surface area contributed by atoms with E-state index in [2.05, 4.69) is 40.3 Å². The second kappa shape index (κ2) is 6.27. The molecule has 1 aliphatic carbocycles. The van der Waals surface area contributed by atoms with E-state index in [0.717, 1.165) is 17.8 Å². The molecule has 0 aromatic carbocycles. The molecule has 1 rings (SSSR count). The van der Waals surface area contributed by atoms with Crippen LogP contribution in [-0.2, 0) is 0 Å². The Morgan fingerprint density at radius 3 is 2.44 bits per heavy atom. The quantitative estimate of drug-likeness (QED) is 0.528. The van der Waals surface area contributed by atoms with Gasteiger partial charge in [-0.25, -0.2) is 0 Å². The molecular formula is C16H28. The first-order valence-corrected chi connectivity index (χ1v) is 6.80. The lowest BCUT2D eigenvalue weighted by Gasteiger charge is -2.37. The van der Waals surface area contributed by atoms with Gasteiger partial charge in [0, 0.05) is 0 Å². The molecule has 1 fully saturated rings. The number of allylic oxidation sites excluding steroid dienone is 3. The summed E-state index contributed by atoms with van der Waals surface area (Å²) >= 11 is 0. The zero-order valence-corrected chi connectivity index (χ0v) is 11.6. The number of hydrogen-bond donors (Lipinski definition) is 0. The van der Waals surface area contributed by atoms with Crippen LogP contribution >= 0.6 is 0 Å². The summed E-state index contributed by atoms with van der Waals surface area (Å²) in [7, 11) is 0. The normalized spacial score (nSPS) is 24.1. The van der Waals surface area contributed by atoms with Gasteiger partial charge < -0.3 is 0 Å². The number of hydrogen-bond acceptors (Lipinski definition) is 0. The van der Waals surface area contributed by atoms with Crippen LogP contribution in [0.3, 0.4) is 0 Å². The predicted molar refractivity (Wildman–Crippen MR) is 73.5 cm³/mol. The van der Waals surface area contributed by atoms with Crippen molar-refractivity contribution < 1.29 is 0 Å². The highest BCUT2D eigenvalue weighted by Crippen LogP contribution is 2.42. The highest BCUT2D eigenvalue weighted by molar-refractivity contribution is 5.08. The van der Waals surface area contributed by atoms with Crippen LogP contribution in [0.5, 0.6) is 0 Å². The Bertz CT molecular complexity index is 247. The zero-order chi connectivity index (χ0) is 12.1. The third kappa shape index (κ3) is 4.55. The van der Waals surface area contributed by atoms with Gasteiger partial charge >= 0.3 is 0 Å². The Morgan fingerprint density at radius 2 is 1.94 bits per heavy atom. The summed E-state index contributed by atoms with van der Waals surface area (Å²) in [6, 6.07) is 0. The molecule has 1 aliphatic rings. The minimum Gasteiger partial charge on any atom is -0.0996 e. The Kier molecular flexibility index (Phi) is 5.31. The minimum atomic E-state index is 0.842. The van der Waals surface area contributed by atoms with Gasteiger partial charge in [0.15, 0.2) is 0 Å². The summed E-state index contributed by atoms with van der Waals surface area (Å²) in [6.07, 6.45) is 8.95. The Labute approximate surface area is 102 Å². The molecule has 0 saturated heterocycles. The average Bonchev–Trinajstić information content (AvgIpc) is 2.09. The van der Waals surface area contributed by atoms with Gasteiger partial charge in [0.1, 0.15) is 0 Å². The Hall–Kier alpha value is -0.520. The standard InChI is InChI=1S/C16H28/c1-12(2)7-6-8-14(5)16-10-15(11-16)9-13(3)4/h7,13,15-16H,5-6,8-11H2,1-4H3. The van der Waals surface area contributed by atoms with Gasteiger partial charge in [0.05, 0.1) is 0 Å². The van der Waals surface area contributed by atoms with Gasteiger partial charge in [0.2, 0.25) is 0 Å². The maximum Gasteiger partial charge on any atom is -0.0201 e. The lowest BCUT2D eigenvalue weighted by molar-refractivity contribution is 0.191. The highest BCUT2D eigenvalue weighted by atomic mass is 14.4. The van der Waals surface area contributed by atoms with Crippen LogP contribution in [0.25, 0.3) is 0 Å². The van der Waals surface area contributed by atoms with Crippen LogP contribution in [-0.4, -0.2) is 0 Å². The molecule has 0 spiro atoms. The van der Waals surface area contributed by atoms with E-state index in [1.165, 1.54) is 43.3 Å². The van der Waals surface area contributed by atoms with Gasteiger partial charge in [-0.15, -0.1) is 0 Å². The molecule has 0 unspecified atom stereocenters. The van der Waals surface area contributed by atoms with Crippen molar-refractivity contribution in [2.45, 2.75) is 59.8 Å². The molecule has 16 heavy (non-hydrogen) atoms. The van der Waals surface area contributed by atoms with E-state index in [-0.39, 0.29) is 0 Å². The molecule has 0 aliphatic heterocycles. The summed E-state index contributed by atoms with van der Waals surface area (Å²) in [5, 5.41) is 0. The summed E-state index contributed by atoms with van der Waals surface area (Å²) < 4.78 is 0. The number of rotatable bonds is 6. The molecule has 0 bridgehead atoms. The second-order valence-corrected chi connectivity index (χ2v) is 6.14. The van der Waals surface area contributed by atoms with E-state index in [9.17, 15) is 0 Å². The second-order valence-electron chi connectivity index (χ2n) is 6.14. The maximum absolute atomic E-state index is 4.26. The molecule has 0 heterocycles. The Morgan fingerprint density at radius 1 is 1.31 bits per heavy atom. The molecule has 1 saturated carbocycles. The SMILES string of the molecule is C=C(CCC=C(C)C)C1CC(CC(C)C)C1. The van der Waals surface area contributed by atoms with E-state index < -0.39 is 0 Å². The lowest BCUT2D eigenvalue weighted by Crippen LogP contribution is -2.26. The van der Waals surface area contributed by atoms with Gasteiger partial charge in [-0.05, 0) is 63.7 Å². The fourth-order valence-corrected chi connectivity index (χ4v) is 2.68. The fourth-order valence-electron chi connectivity index (χ4n) is 2.68. The van der Waals surface area contributed by atoms with Crippen molar-refractivity contribution in [1.82, 2.24) is 0 Å². The van der Waals surface area contributed by atoms with Crippen LogP contribution in [0, 0.1) is 17.8 Å². The molecule has 0 amide bonds. The third-order valence-electron chi connectivity index (χ3n) is 3.64. The average molecular weight is 220 g/mol. The van der Waals surface area contributed by atoms with Crippen LogP contribution in [0.2, 0.25) is 0 Å². The minimum absolute atomic E-state index is 0.842. The van der Waals surface area contributed by atoms with Crippen molar-refractivity contribution in [3.8, 4) is 0 Å². The van der Waals surface area contributed by atoms with Crippen LogP contribution < -0.4 is 0 Å². The van der Waals surface area contributed by atoms with Gasteiger partial charge in [-0.2, -0.15) is 0 Å². The summed E-state index contributed by atoms with van der Waals surface area (Å²) in [4.78, 5) is 0. The topological polar surface area (TPSA) is 0 Å². The molecule has 0 nitrogen and oxygen atoms in total. The Balaban J connectivity index is 2.15. The molecule has 0 N–H and O–H groups in total. The summed E-state index contributed by atoms with van der Waals surface area (Å²) in [6.45, 7) is 13.3. The summed E-state index contributed by atoms with van der Waals surface area (Å²) in [5.41, 5.74) is 2.93. The summed E-state index contributed by atoms with van der Waals surface area (Å²) in [5.74, 6) is 2.70. The smallest absolute Gasteiger partial charge is 0.0201 e. The molecule has 0 aromatic rings. The maximum atomic E-state index is 4.26. The van der Waals surface area contributed by atoms with E-state index in [1.807, 2.05) is 0 Å². The van der Waals surface area contributed by atoms with E-state index in [0.29, 0.717) is 0 Å². The van der Waals surface area contributed by atoms with Crippen LogP contribution in [0.15, 0.2) is 23.8 Å². The van der Waals surface area contributed by atoms with E-state index in [4.69, 9.17) is 0 Å². The fraction of sp³-hybridized carbons (Fsp3) is 0.750. The van der Waals surface area contributed by atoms with Crippen molar-refractivity contribution in [3.05, 3.63) is 23.8 Å². The molecular weight excluding hydrogens is 192 g/mol. The van der Waals surface area contributed by atoms with E-state index in [1.54, 1.807) is 0 Å². The molecule has 0 radical (unpaired) electrons. The van der Waals surface area contributed by atoms with Crippen molar-refractivity contribution >= 4 is 0 Å². The van der Waals surface area contributed by atoms with Crippen molar-refractivity contribution in [2.75, 3.05) is 0 Å². The largest absolute Gasteiger partial charge is 0.0996 e. The first-order chi connectivity index (χ1) is 7.49. The molecule has 0 aromatic heterocycles. The highest BCUT2D eigenvalue weighted by Gasteiger charge is 2.30. The first-order valence-electron chi connectivity index (χ1n) is 6.80. The molecule has 92 valence electrons. The third-order valence-corrected chi connectivity index (χ3v) is 3.64. The molecule has 0 atom stereocenters. The van der Waals surface area contributed by atoms with Crippen molar-refractivity contribution in [3.63, 3.8) is 0 Å². The van der Waals surface area contributed by atoms with Crippen LogP contribution in [0.4, 0.5) is 0 Å². The van der Waals surface area contributed by atoms with Crippen LogP contribution in [0.1, 0.15) is 59.8 Å². The van der Waals surface area contributed by atoms with Gasteiger partial charge in [0.25, 0.3) is 0 Å². The van der Waals surface area contributed by atoms with Crippen molar-refractivity contribution in [2.24, 2.45) is 17.8 Å². The zero-order valence-electron chi connectivity index (χ0n) is 11.6. The first kappa shape index (κ1) is 13.5. The van der Waals surface area contributed by atoms with E-state index >= 15 is 0 Å². The van der Waals surface area contributed by atoms with Gasteiger partial charge in [-0.3, -0.25) is 0 Å². The van der Waals surface area contributed by atoms with Gasteiger partial charge in [-0.1, -0.05) is 37.6 Å². The lowest BCUT2D eigenvalue weighted by atomic mass is 9.68. The predicted octanol–water partition coefficient (Wildman–Crippen LogP) is 5.36. The van der Waals surface area contributed by atoms with Crippen molar-refractivity contribution in [1.29, 1.82) is 0 Å².